The molecule has 0 aliphatic carbocycles. The first kappa shape index (κ1) is 20.3. The smallest absolute Gasteiger partial charge is 0.336 e. The van der Waals surface area contributed by atoms with Crippen LogP contribution in [-0.4, -0.2) is 31.6 Å². The number of carbonyl (C=O) groups is 1. The van der Waals surface area contributed by atoms with E-state index in [-0.39, 0.29) is 40.3 Å². The van der Waals surface area contributed by atoms with E-state index >= 15 is 0 Å². The molecule has 3 heterocycles. The number of amides is 1. The van der Waals surface area contributed by atoms with Gasteiger partial charge in [-0.1, -0.05) is 11.6 Å². The van der Waals surface area contributed by atoms with Gasteiger partial charge in [0.25, 0.3) is 5.91 Å². The van der Waals surface area contributed by atoms with Gasteiger partial charge < -0.3 is 10.0 Å². The second-order valence-electron chi connectivity index (χ2n) is 7.90. The van der Waals surface area contributed by atoms with Crippen molar-refractivity contribution in [3.63, 3.8) is 0 Å². The van der Waals surface area contributed by atoms with Crippen molar-refractivity contribution < 1.29 is 18.7 Å². The van der Waals surface area contributed by atoms with Crippen molar-refractivity contribution in [1.82, 2.24) is 14.0 Å². The lowest BCUT2D eigenvalue weighted by Gasteiger charge is -2.27. The molecular formula is C22H15ClF2N4O3. The summed E-state index contributed by atoms with van der Waals surface area (Å²) in [6.45, 7) is 1.81. The second kappa shape index (κ2) is 6.93. The Balaban J connectivity index is 1.59. The van der Waals surface area contributed by atoms with Gasteiger partial charge in [-0.25, -0.2) is 18.1 Å². The van der Waals surface area contributed by atoms with Crippen LogP contribution in [0.4, 0.5) is 8.78 Å². The zero-order chi connectivity index (χ0) is 22.9. The van der Waals surface area contributed by atoms with Crippen molar-refractivity contribution in [3.05, 3.63) is 79.9 Å². The van der Waals surface area contributed by atoms with Crippen LogP contribution in [0.3, 0.4) is 0 Å². The molecule has 2 atom stereocenters. The molecule has 0 radical (unpaired) electrons. The second-order valence-corrected chi connectivity index (χ2v) is 8.28. The van der Waals surface area contributed by atoms with Crippen molar-refractivity contribution >= 4 is 17.5 Å². The first-order valence-electron chi connectivity index (χ1n) is 9.75. The van der Waals surface area contributed by atoms with Crippen LogP contribution in [0.2, 0.25) is 5.02 Å². The Kier molecular flexibility index (Phi) is 4.39. The van der Waals surface area contributed by atoms with Gasteiger partial charge in [-0.3, -0.25) is 9.36 Å². The van der Waals surface area contributed by atoms with Crippen molar-refractivity contribution in [2.75, 3.05) is 6.54 Å². The topological polar surface area (TPSA) is 91.3 Å². The molecular weight excluding hydrogens is 442 g/mol. The highest BCUT2D eigenvalue weighted by Gasteiger charge is 2.49. The zero-order valence-corrected chi connectivity index (χ0v) is 17.4. The summed E-state index contributed by atoms with van der Waals surface area (Å²) < 4.78 is 29.8. The Bertz CT molecular complexity index is 1400. The molecule has 0 saturated carbocycles. The predicted octanol–water partition coefficient (Wildman–Crippen LogP) is 3.60. The van der Waals surface area contributed by atoms with E-state index in [1.54, 1.807) is 6.92 Å². The van der Waals surface area contributed by atoms with Crippen molar-refractivity contribution in [1.29, 1.82) is 5.26 Å². The van der Waals surface area contributed by atoms with Crippen LogP contribution in [-0.2, 0) is 0 Å². The molecule has 2 aliphatic rings. The van der Waals surface area contributed by atoms with Gasteiger partial charge in [0.05, 0.1) is 28.4 Å². The first-order valence-corrected chi connectivity index (χ1v) is 10.1. The van der Waals surface area contributed by atoms with Gasteiger partial charge in [-0.15, -0.1) is 0 Å². The Morgan fingerprint density at radius 1 is 1.25 bits per heavy atom. The SMILES string of the molecule is Cc1c(-n2c(O)c3n(c2=O)[C@H]2C[C@@H]3N(C(=O)c3cc(F)cc(F)c3)C2)ccc(C#N)c1Cl. The van der Waals surface area contributed by atoms with Gasteiger partial charge in [0.2, 0.25) is 5.88 Å². The molecule has 32 heavy (non-hydrogen) atoms. The number of fused-ring (bicyclic) bond motifs is 5. The number of nitriles is 1. The average Bonchev–Trinajstić information content (AvgIpc) is 3.41. The molecule has 2 aliphatic heterocycles. The maximum atomic E-state index is 13.6. The fourth-order valence-electron chi connectivity index (χ4n) is 4.73. The van der Waals surface area contributed by atoms with Crippen LogP contribution in [0.1, 0.15) is 45.7 Å². The molecule has 7 nitrogen and oxygen atoms in total. The highest BCUT2D eigenvalue weighted by atomic mass is 35.5. The normalized spacial score (nSPS) is 18.7. The lowest BCUT2D eigenvalue weighted by Crippen LogP contribution is -2.38. The number of carbonyl (C=O) groups excluding carboxylic acids is 1. The molecule has 0 unspecified atom stereocenters. The number of hydrogen-bond donors (Lipinski definition) is 1. The number of benzene rings is 2. The van der Waals surface area contributed by atoms with Gasteiger partial charge in [-0.2, -0.15) is 5.26 Å². The van der Waals surface area contributed by atoms with E-state index in [2.05, 4.69) is 0 Å². The molecule has 0 spiro atoms. The minimum Gasteiger partial charge on any atom is -0.493 e. The largest absolute Gasteiger partial charge is 0.493 e. The van der Waals surface area contributed by atoms with Crippen LogP contribution >= 0.6 is 11.6 Å². The number of imidazole rings is 1. The van der Waals surface area contributed by atoms with Gasteiger partial charge >= 0.3 is 5.69 Å². The molecule has 1 N–H and O–H groups in total. The minimum absolute atomic E-state index is 0.141. The third-order valence-electron chi connectivity index (χ3n) is 6.15. The summed E-state index contributed by atoms with van der Waals surface area (Å²) in [5.41, 5.74) is 0.642. The lowest BCUT2D eigenvalue weighted by molar-refractivity contribution is 0.0710. The van der Waals surface area contributed by atoms with E-state index < -0.39 is 29.3 Å². The standard InChI is InChI=1S/C22H15ClF2N4O3/c1-10-16(3-2-11(8-26)18(10)23)29-21(31)19-17-7-15(28(19)22(29)32)9-27(17)20(30)12-4-13(24)6-14(25)5-12/h2-6,15,17,31H,7,9H2,1H3/t15-,17-/m0/s1. The Labute approximate surface area is 185 Å². The number of likely N-dealkylation sites (tertiary alicyclic amines) is 1. The van der Waals surface area contributed by atoms with Crippen LogP contribution in [0.15, 0.2) is 35.1 Å². The number of aromatic nitrogens is 2. The molecule has 1 saturated heterocycles. The molecule has 5 rings (SSSR count). The maximum Gasteiger partial charge on any atom is 0.336 e. The van der Waals surface area contributed by atoms with Crippen molar-refractivity contribution in [3.8, 4) is 17.6 Å². The molecule has 162 valence electrons. The van der Waals surface area contributed by atoms with Crippen molar-refractivity contribution in [2.45, 2.75) is 25.4 Å². The molecule has 1 amide bonds. The summed E-state index contributed by atoms with van der Waals surface area (Å²) in [5, 5.41) is 20.3. The summed E-state index contributed by atoms with van der Waals surface area (Å²) in [6, 6.07) is 6.54. The predicted molar refractivity (Wildman–Crippen MR) is 110 cm³/mol. The Morgan fingerprint density at radius 2 is 1.94 bits per heavy atom. The van der Waals surface area contributed by atoms with Gasteiger partial charge in [0.15, 0.2) is 0 Å². The number of nitrogens with zero attached hydrogens (tertiary/aromatic N) is 4. The summed E-state index contributed by atoms with van der Waals surface area (Å²) in [5.74, 6) is -2.65. The maximum absolute atomic E-state index is 13.6. The fraction of sp³-hybridized carbons (Fsp3) is 0.227. The van der Waals surface area contributed by atoms with E-state index in [1.807, 2.05) is 6.07 Å². The third-order valence-corrected chi connectivity index (χ3v) is 6.63. The van der Waals surface area contributed by atoms with Crippen molar-refractivity contribution in [2.24, 2.45) is 0 Å². The third kappa shape index (κ3) is 2.69. The first-order chi connectivity index (χ1) is 15.2. The summed E-state index contributed by atoms with van der Waals surface area (Å²) in [4.78, 5) is 27.6. The van der Waals surface area contributed by atoms with E-state index in [1.165, 1.54) is 21.6 Å². The van der Waals surface area contributed by atoms with E-state index in [9.17, 15) is 23.5 Å². The van der Waals surface area contributed by atoms with Crippen LogP contribution < -0.4 is 5.69 Å². The fourth-order valence-corrected chi connectivity index (χ4v) is 4.94. The molecule has 2 aromatic carbocycles. The minimum atomic E-state index is -0.864. The van der Waals surface area contributed by atoms with Gasteiger partial charge in [0.1, 0.15) is 23.4 Å². The van der Waals surface area contributed by atoms with Crippen LogP contribution in [0, 0.1) is 29.9 Å². The average molecular weight is 457 g/mol. The molecule has 2 bridgehead atoms. The summed E-state index contributed by atoms with van der Waals surface area (Å²) in [6.07, 6.45) is 0.412. The van der Waals surface area contributed by atoms with Crippen LogP contribution in [0.25, 0.3) is 5.69 Å². The Hall–Kier alpha value is -3.64. The molecule has 1 fully saturated rings. The summed E-state index contributed by atoms with van der Waals surface area (Å²) >= 11 is 6.23. The van der Waals surface area contributed by atoms with Crippen LogP contribution in [0.5, 0.6) is 5.88 Å². The Morgan fingerprint density at radius 3 is 2.59 bits per heavy atom. The molecule has 3 aromatic rings. The monoisotopic (exact) mass is 456 g/mol. The van der Waals surface area contributed by atoms with E-state index in [0.29, 0.717) is 23.7 Å². The van der Waals surface area contributed by atoms with Gasteiger partial charge in [-0.05, 0) is 43.2 Å². The van der Waals surface area contributed by atoms with Gasteiger partial charge in [0, 0.05) is 18.2 Å². The molecule has 10 heteroatoms. The van der Waals surface area contributed by atoms with E-state index in [0.717, 1.165) is 16.7 Å². The quantitative estimate of drug-likeness (QED) is 0.638. The number of halogens is 3. The number of aromatic hydroxyl groups is 1. The highest BCUT2D eigenvalue weighted by molar-refractivity contribution is 6.32. The zero-order valence-electron chi connectivity index (χ0n) is 16.6. The lowest BCUT2D eigenvalue weighted by atomic mass is 10.1. The summed E-state index contributed by atoms with van der Waals surface area (Å²) in [7, 11) is 0. The van der Waals surface area contributed by atoms with E-state index in [4.69, 9.17) is 16.9 Å². The number of hydrogen-bond acceptors (Lipinski definition) is 4. The highest BCUT2D eigenvalue weighted by Crippen LogP contribution is 2.49. The number of rotatable bonds is 2. The molecule has 1 aromatic heterocycles.